The number of aryl methyl sites for hydroxylation is 1. The molecule has 0 radical (unpaired) electrons. The molecular formula is C11H17N3O2. The second kappa shape index (κ2) is 5.01. The molecule has 2 rings (SSSR count). The summed E-state index contributed by atoms with van der Waals surface area (Å²) in [5.41, 5.74) is 0. The number of carbonyl (C=O) groups is 1. The molecule has 16 heavy (non-hydrogen) atoms. The fourth-order valence-corrected chi connectivity index (χ4v) is 1.77. The van der Waals surface area contributed by atoms with Crippen molar-refractivity contribution in [3.63, 3.8) is 0 Å². The first-order chi connectivity index (χ1) is 7.79. The number of aromatic nitrogens is 2. The number of ether oxygens (including phenoxy) is 1. The van der Waals surface area contributed by atoms with E-state index in [2.05, 4.69) is 10.4 Å². The molecule has 1 aromatic heterocycles. The summed E-state index contributed by atoms with van der Waals surface area (Å²) < 4.78 is 7.42. The molecule has 0 aliphatic carbocycles. The average Bonchev–Trinajstić information content (AvgIpc) is 2.65. The minimum absolute atomic E-state index is 0.0123. The van der Waals surface area contributed by atoms with E-state index in [1.54, 1.807) is 10.9 Å². The summed E-state index contributed by atoms with van der Waals surface area (Å²) in [6, 6.07) is 0. The zero-order chi connectivity index (χ0) is 11.4. The Bertz CT molecular complexity index is 362. The molecule has 0 aromatic carbocycles. The maximum absolute atomic E-state index is 11.6. The van der Waals surface area contributed by atoms with Gasteiger partial charge in [-0.15, -0.1) is 0 Å². The summed E-state index contributed by atoms with van der Waals surface area (Å²) in [6.07, 6.45) is 5.94. The third kappa shape index (κ3) is 2.53. The Morgan fingerprint density at radius 1 is 1.62 bits per heavy atom. The summed E-state index contributed by atoms with van der Waals surface area (Å²) in [4.78, 5) is 11.6. The fourth-order valence-electron chi connectivity index (χ4n) is 1.77. The van der Waals surface area contributed by atoms with Crippen LogP contribution in [0.2, 0.25) is 0 Å². The molecule has 5 nitrogen and oxygen atoms in total. The van der Waals surface area contributed by atoms with Gasteiger partial charge in [-0.2, -0.15) is 5.10 Å². The quantitative estimate of drug-likeness (QED) is 0.830. The Morgan fingerprint density at radius 2 is 2.50 bits per heavy atom. The van der Waals surface area contributed by atoms with Gasteiger partial charge in [-0.05, 0) is 26.2 Å². The Balaban J connectivity index is 1.99. The summed E-state index contributed by atoms with van der Waals surface area (Å²) in [5.74, 6) is 0.658. The van der Waals surface area contributed by atoms with Crippen LogP contribution in [-0.2, 0) is 11.3 Å². The van der Waals surface area contributed by atoms with E-state index < -0.39 is 0 Å². The molecule has 1 aromatic rings. The number of carbonyl (C=O) groups excluding carboxylic acids is 1. The molecule has 2 heterocycles. The molecule has 0 spiro atoms. The highest BCUT2D eigenvalue weighted by Crippen LogP contribution is 2.15. The Morgan fingerprint density at radius 3 is 3.25 bits per heavy atom. The summed E-state index contributed by atoms with van der Waals surface area (Å²) in [5, 5.41) is 6.95. The van der Waals surface area contributed by atoms with Crippen molar-refractivity contribution in [2.75, 3.05) is 6.54 Å². The molecule has 1 N–H and O–H groups in total. The Hall–Kier alpha value is -1.52. The van der Waals surface area contributed by atoms with Crippen LogP contribution in [0.5, 0.6) is 5.75 Å². The third-order valence-electron chi connectivity index (χ3n) is 2.70. The highest BCUT2D eigenvalue weighted by atomic mass is 16.5. The largest absolute Gasteiger partial charge is 0.477 e. The van der Waals surface area contributed by atoms with Crippen LogP contribution in [0.4, 0.5) is 0 Å². The van der Waals surface area contributed by atoms with Gasteiger partial charge in [0, 0.05) is 13.1 Å². The van der Waals surface area contributed by atoms with E-state index in [0.29, 0.717) is 5.75 Å². The van der Waals surface area contributed by atoms with Crippen LogP contribution in [0.3, 0.4) is 0 Å². The van der Waals surface area contributed by atoms with E-state index in [0.717, 1.165) is 32.4 Å². The van der Waals surface area contributed by atoms with Gasteiger partial charge < -0.3 is 10.1 Å². The number of rotatable bonds is 3. The fraction of sp³-hybridized carbons (Fsp3) is 0.636. The first-order valence-electron chi connectivity index (χ1n) is 5.76. The van der Waals surface area contributed by atoms with Gasteiger partial charge in [-0.25, -0.2) is 0 Å². The zero-order valence-electron chi connectivity index (χ0n) is 9.48. The minimum Gasteiger partial charge on any atom is -0.477 e. The number of amides is 1. The Labute approximate surface area is 94.8 Å². The molecule has 1 atom stereocenters. The van der Waals surface area contributed by atoms with E-state index in [4.69, 9.17) is 4.74 Å². The zero-order valence-corrected chi connectivity index (χ0v) is 9.48. The SMILES string of the molecule is CCn1cc(OC2CCCCNC2=O)cn1. The van der Waals surface area contributed by atoms with Crippen LogP contribution < -0.4 is 10.1 Å². The molecule has 1 fully saturated rings. The lowest BCUT2D eigenvalue weighted by molar-refractivity contribution is -0.127. The van der Waals surface area contributed by atoms with Crippen LogP contribution in [0.25, 0.3) is 0 Å². The van der Waals surface area contributed by atoms with Crippen molar-refractivity contribution in [1.82, 2.24) is 15.1 Å². The first kappa shape index (κ1) is 11.0. The highest BCUT2D eigenvalue weighted by Gasteiger charge is 2.22. The molecule has 1 aliphatic heterocycles. The second-order valence-corrected chi connectivity index (χ2v) is 3.93. The van der Waals surface area contributed by atoms with Crippen LogP contribution in [0.1, 0.15) is 26.2 Å². The molecule has 1 aliphatic rings. The minimum atomic E-state index is -0.364. The molecule has 1 amide bonds. The average molecular weight is 223 g/mol. The van der Waals surface area contributed by atoms with Crippen LogP contribution in [-0.4, -0.2) is 28.3 Å². The molecule has 1 unspecified atom stereocenters. The van der Waals surface area contributed by atoms with Crippen LogP contribution in [0, 0.1) is 0 Å². The molecule has 5 heteroatoms. The number of hydrogen-bond acceptors (Lipinski definition) is 3. The van der Waals surface area contributed by atoms with E-state index >= 15 is 0 Å². The predicted molar refractivity (Wildman–Crippen MR) is 59.2 cm³/mol. The van der Waals surface area contributed by atoms with E-state index in [-0.39, 0.29) is 12.0 Å². The molecule has 0 saturated carbocycles. The van der Waals surface area contributed by atoms with Crippen molar-refractivity contribution in [2.45, 2.75) is 38.8 Å². The molecule has 88 valence electrons. The highest BCUT2D eigenvalue weighted by molar-refractivity contribution is 5.81. The normalized spacial score (nSPS) is 21.3. The van der Waals surface area contributed by atoms with Crippen LogP contribution >= 0.6 is 0 Å². The van der Waals surface area contributed by atoms with Gasteiger partial charge in [0.2, 0.25) is 0 Å². The predicted octanol–water partition coefficient (Wildman–Crippen LogP) is 0.950. The van der Waals surface area contributed by atoms with Crippen LogP contribution in [0.15, 0.2) is 12.4 Å². The van der Waals surface area contributed by atoms with Gasteiger partial charge in [-0.3, -0.25) is 9.48 Å². The lowest BCUT2D eigenvalue weighted by atomic mass is 10.2. The molecule has 0 bridgehead atoms. The first-order valence-corrected chi connectivity index (χ1v) is 5.76. The van der Waals surface area contributed by atoms with Crippen molar-refractivity contribution in [2.24, 2.45) is 0 Å². The van der Waals surface area contributed by atoms with E-state index in [9.17, 15) is 4.79 Å². The Kier molecular flexibility index (Phi) is 3.44. The van der Waals surface area contributed by atoms with Crippen molar-refractivity contribution in [3.8, 4) is 5.75 Å². The molecular weight excluding hydrogens is 206 g/mol. The standard InChI is InChI=1S/C11H17N3O2/c1-2-14-8-9(7-13-14)16-10-5-3-4-6-12-11(10)15/h7-8,10H,2-6H2,1H3,(H,12,15). The maximum Gasteiger partial charge on any atom is 0.261 e. The third-order valence-corrected chi connectivity index (χ3v) is 2.70. The summed E-state index contributed by atoms with van der Waals surface area (Å²) >= 11 is 0. The topological polar surface area (TPSA) is 56.1 Å². The number of hydrogen-bond donors (Lipinski definition) is 1. The van der Waals surface area contributed by atoms with Crippen molar-refractivity contribution in [1.29, 1.82) is 0 Å². The van der Waals surface area contributed by atoms with Gasteiger partial charge in [0.1, 0.15) is 0 Å². The van der Waals surface area contributed by atoms with Gasteiger partial charge >= 0.3 is 0 Å². The van der Waals surface area contributed by atoms with Gasteiger partial charge in [0.25, 0.3) is 5.91 Å². The van der Waals surface area contributed by atoms with Gasteiger partial charge in [0.15, 0.2) is 11.9 Å². The summed E-state index contributed by atoms with van der Waals surface area (Å²) in [6.45, 7) is 3.57. The van der Waals surface area contributed by atoms with E-state index in [1.165, 1.54) is 0 Å². The second-order valence-electron chi connectivity index (χ2n) is 3.93. The van der Waals surface area contributed by atoms with Gasteiger partial charge in [-0.1, -0.05) is 0 Å². The van der Waals surface area contributed by atoms with Crippen molar-refractivity contribution >= 4 is 5.91 Å². The smallest absolute Gasteiger partial charge is 0.261 e. The lowest BCUT2D eigenvalue weighted by Gasteiger charge is -2.13. The van der Waals surface area contributed by atoms with E-state index in [1.807, 2.05) is 13.1 Å². The lowest BCUT2D eigenvalue weighted by Crippen LogP contribution is -2.36. The molecule has 1 saturated heterocycles. The van der Waals surface area contributed by atoms with Crippen molar-refractivity contribution in [3.05, 3.63) is 12.4 Å². The van der Waals surface area contributed by atoms with Crippen molar-refractivity contribution < 1.29 is 9.53 Å². The number of nitrogens with zero attached hydrogens (tertiary/aromatic N) is 2. The maximum atomic E-state index is 11.6. The number of nitrogens with one attached hydrogen (secondary N) is 1. The monoisotopic (exact) mass is 223 g/mol. The van der Waals surface area contributed by atoms with Gasteiger partial charge in [0.05, 0.1) is 12.4 Å². The summed E-state index contributed by atoms with van der Waals surface area (Å²) in [7, 11) is 0.